The van der Waals surface area contributed by atoms with Gasteiger partial charge in [-0.15, -0.1) is 11.3 Å². The first-order chi connectivity index (χ1) is 24.9. The third kappa shape index (κ3) is 6.88. The van der Waals surface area contributed by atoms with Crippen molar-refractivity contribution in [3.8, 4) is 22.5 Å². The fourth-order valence-corrected chi connectivity index (χ4v) is 8.82. The highest BCUT2D eigenvalue weighted by Crippen LogP contribution is 2.46. The number of cyclic esters (lactones) is 1. The summed E-state index contributed by atoms with van der Waals surface area (Å²) in [6.07, 6.45) is 3.64. The van der Waals surface area contributed by atoms with Crippen LogP contribution in [0.4, 0.5) is 0 Å². The normalized spacial score (nSPS) is 25.4. The van der Waals surface area contributed by atoms with E-state index in [0.717, 1.165) is 56.2 Å². The number of nitrogens with one attached hydrogen (secondary N) is 2. The van der Waals surface area contributed by atoms with E-state index in [9.17, 15) is 14.4 Å². The zero-order chi connectivity index (χ0) is 36.9. The molecule has 2 N–H and O–H groups in total. The van der Waals surface area contributed by atoms with Crippen molar-refractivity contribution < 1.29 is 23.9 Å². The van der Waals surface area contributed by atoms with Crippen LogP contribution in [0.1, 0.15) is 76.8 Å². The highest BCUT2D eigenvalue weighted by molar-refractivity contribution is 7.10. The second-order valence-electron chi connectivity index (χ2n) is 15.5. The molecule has 1 aromatic carbocycles. The second-order valence-corrected chi connectivity index (χ2v) is 16.5. The lowest BCUT2D eigenvalue weighted by Crippen LogP contribution is -2.60. The van der Waals surface area contributed by atoms with E-state index < -0.39 is 17.5 Å². The van der Waals surface area contributed by atoms with Crippen molar-refractivity contribution in [3.05, 3.63) is 58.2 Å². The Bertz CT molecular complexity index is 1990. The number of rotatable bonds is 6. The number of nitrogens with zero attached hydrogens (tertiary/aromatic N) is 4. The molecule has 7 rings (SSSR count). The Labute approximate surface area is 309 Å². The van der Waals surface area contributed by atoms with Gasteiger partial charge in [-0.05, 0) is 74.8 Å². The number of hydrogen-bond donors (Lipinski definition) is 2. The molecule has 3 aromatic heterocycles. The Balaban J connectivity index is 1.35. The third-order valence-electron chi connectivity index (χ3n) is 11.3. The Kier molecular flexibility index (Phi) is 10.0. The van der Waals surface area contributed by atoms with Crippen LogP contribution in [-0.2, 0) is 43.2 Å². The van der Waals surface area contributed by atoms with Crippen molar-refractivity contribution in [3.63, 3.8) is 0 Å². The van der Waals surface area contributed by atoms with E-state index >= 15 is 0 Å². The van der Waals surface area contributed by atoms with Gasteiger partial charge in [0.2, 0.25) is 5.91 Å². The van der Waals surface area contributed by atoms with Crippen molar-refractivity contribution in [2.24, 2.45) is 23.2 Å². The van der Waals surface area contributed by atoms with Gasteiger partial charge in [-0.2, -0.15) is 0 Å². The van der Waals surface area contributed by atoms with E-state index in [1.165, 1.54) is 16.3 Å². The molecule has 0 spiro atoms. The summed E-state index contributed by atoms with van der Waals surface area (Å²) in [6.45, 7) is 13.9. The van der Waals surface area contributed by atoms with E-state index in [4.69, 9.17) is 19.4 Å². The molecule has 5 heterocycles. The van der Waals surface area contributed by atoms with Crippen LogP contribution < -0.4 is 10.7 Å². The number of thiazole rings is 1. The molecule has 2 amide bonds. The number of amides is 2. The predicted octanol–water partition coefficient (Wildman–Crippen LogP) is 6.10. The van der Waals surface area contributed by atoms with Crippen LogP contribution in [0, 0.1) is 23.2 Å². The largest absolute Gasteiger partial charge is 0.464 e. The van der Waals surface area contributed by atoms with Crippen molar-refractivity contribution in [2.75, 3.05) is 20.3 Å². The zero-order valence-electron chi connectivity index (χ0n) is 31.2. The highest BCUT2D eigenvalue weighted by Gasteiger charge is 2.49. The summed E-state index contributed by atoms with van der Waals surface area (Å²) in [6, 6.07) is 9.05. The Morgan fingerprint density at radius 3 is 2.73 bits per heavy atom. The molecule has 1 aliphatic carbocycles. The van der Waals surface area contributed by atoms with Crippen molar-refractivity contribution in [1.82, 2.24) is 30.3 Å². The summed E-state index contributed by atoms with van der Waals surface area (Å²) in [4.78, 5) is 50.9. The average Bonchev–Trinajstić information content (AvgIpc) is 3.43. The number of carbonyl (C=O) groups excluding carboxylic acids is 3. The lowest BCUT2D eigenvalue weighted by atomic mass is 9.84. The number of methoxy groups -OCH3 is 1. The smallest absolute Gasteiger partial charge is 0.324 e. The van der Waals surface area contributed by atoms with Crippen LogP contribution in [0.15, 0.2) is 41.9 Å². The fourth-order valence-electron chi connectivity index (χ4n) is 7.97. The van der Waals surface area contributed by atoms with Gasteiger partial charge in [-0.25, -0.2) is 10.4 Å². The fraction of sp³-hybridized carbons (Fsp3) is 0.525. The van der Waals surface area contributed by atoms with Gasteiger partial charge in [0.15, 0.2) is 0 Å². The maximum absolute atomic E-state index is 14.1. The van der Waals surface area contributed by atoms with E-state index in [-0.39, 0.29) is 54.7 Å². The molecular weight excluding hydrogens is 677 g/mol. The van der Waals surface area contributed by atoms with Crippen molar-refractivity contribution >= 4 is 40.0 Å². The molecule has 52 heavy (non-hydrogen) atoms. The first-order valence-electron chi connectivity index (χ1n) is 18.5. The maximum Gasteiger partial charge on any atom is 0.324 e. The van der Waals surface area contributed by atoms with Gasteiger partial charge in [-0.3, -0.25) is 24.4 Å². The second kappa shape index (κ2) is 14.4. The topological polar surface area (TPSA) is 128 Å². The van der Waals surface area contributed by atoms with E-state index in [0.29, 0.717) is 25.8 Å². The molecule has 4 aromatic rings. The number of hydrazine groups is 1. The number of hydrogen-bond acceptors (Lipinski definition) is 9. The minimum atomic E-state index is -0.829. The Morgan fingerprint density at radius 2 is 2.00 bits per heavy atom. The van der Waals surface area contributed by atoms with Gasteiger partial charge in [0.25, 0.3) is 5.91 Å². The molecule has 1 saturated heterocycles. The number of carbonyl (C=O) groups is 3. The van der Waals surface area contributed by atoms with E-state index in [1.807, 2.05) is 18.4 Å². The van der Waals surface area contributed by atoms with Gasteiger partial charge in [0.05, 0.1) is 34.8 Å². The van der Waals surface area contributed by atoms with E-state index in [2.05, 4.69) is 74.2 Å². The van der Waals surface area contributed by atoms with Crippen LogP contribution in [0.25, 0.3) is 33.4 Å². The molecule has 11 nitrogen and oxygen atoms in total. The van der Waals surface area contributed by atoms with Crippen molar-refractivity contribution in [2.45, 2.75) is 92.0 Å². The average molecular weight is 727 g/mol. The summed E-state index contributed by atoms with van der Waals surface area (Å²) in [7, 11) is 1.70. The lowest BCUT2D eigenvalue weighted by molar-refractivity contribution is -0.155. The highest BCUT2D eigenvalue weighted by atomic mass is 32.1. The molecule has 0 unspecified atom stereocenters. The number of pyridine rings is 1. The summed E-state index contributed by atoms with van der Waals surface area (Å²) in [5.41, 5.74) is 9.69. The predicted molar refractivity (Wildman–Crippen MR) is 201 cm³/mol. The molecule has 3 aliphatic rings. The van der Waals surface area contributed by atoms with Crippen LogP contribution >= 0.6 is 11.3 Å². The van der Waals surface area contributed by atoms with Gasteiger partial charge in [0, 0.05) is 71.6 Å². The molecule has 1 saturated carbocycles. The SMILES string of the molecule is CCn1c(-c2cccnc2[C@H](C)OC)c2c3cc(ccc31)-c1csc(n1)C[C@H](NC(=O)C1[C@H](C)[C@H]1C)C(=O)N1CCC[C@H](N1)C(=O)OCC(C)(C)C2. The number of aromatic nitrogens is 3. The first-order valence-corrected chi connectivity index (χ1v) is 19.4. The number of ether oxygens (including phenoxy) is 2. The van der Waals surface area contributed by atoms with Crippen LogP contribution in [0.5, 0.6) is 0 Å². The van der Waals surface area contributed by atoms with E-state index in [1.54, 1.807) is 13.3 Å². The van der Waals surface area contributed by atoms with Crippen LogP contribution in [0.3, 0.4) is 0 Å². The quantitative estimate of drug-likeness (QED) is 0.228. The summed E-state index contributed by atoms with van der Waals surface area (Å²) in [5.74, 6) is -0.351. The maximum atomic E-state index is 14.1. The van der Waals surface area contributed by atoms with Crippen molar-refractivity contribution in [1.29, 1.82) is 0 Å². The molecule has 0 radical (unpaired) electrons. The molecule has 5 atom stereocenters. The Hall–Kier alpha value is -4.13. The summed E-state index contributed by atoms with van der Waals surface area (Å²) < 4.78 is 14.2. The first kappa shape index (κ1) is 36.2. The minimum Gasteiger partial charge on any atom is -0.464 e. The number of aryl methyl sites for hydroxylation is 1. The Morgan fingerprint density at radius 1 is 1.21 bits per heavy atom. The summed E-state index contributed by atoms with van der Waals surface area (Å²) >= 11 is 1.49. The monoisotopic (exact) mass is 726 g/mol. The standard InChI is InChI=1S/C40H50N6O5S/c1-8-45-32-14-13-25-17-27(32)28(36(45)26-11-9-15-41-35(26)24(4)50-7)19-40(5,6)21-51-39(49)29-12-10-16-46(44-29)38(48)30(18-33-42-31(25)20-52-33)43-37(47)34-22(2)23(34)3/h9,11,13-15,17,20,22-24,29-30,34,44H,8,10,12,16,18-19,21H2,1-7H3,(H,43,47)/t22-,23-,24+,29+,30+/m1/s1. The third-order valence-corrected chi connectivity index (χ3v) is 12.2. The number of fused-ring (bicyclic) bond motifs is 6. The van der Waals surface area contributed by atoms with Crippen LogP contribution in [-0.4, -0.2) is 69.7 Å². The van der Waals surface area contributed by atoms with Gasteiger partial charge < -0.3 is 19.4 Å². The number of benzene rings is 1. The van der Waals surface area contributed by atoms with Gasteiger partial charge in [-0.1, -0.05) is 33.8 Å². The molecule has 2 fully saturated rings. The van der Waals surface area contributed by atoms with Gasteiger partial charge in [0.1, 0.15) is 12.1 Å². The molecule has 12 heteroatoms. The lowest BCUT2D eigenvalue weighted by Gasteiger charge is -2.35. The zero-order valence-corrected chi connectivity index (χ0v) is 32.0. The summed E-state index contributed by atoms with van der Waals surface area (Å²) in [5, 5.41) is 8.44. The minimum absolute atomic E-state index is 0.113. The molecule has 276 valence electrons. The molecule has 2 aliphatic heterocycles. The van der Waals surface area contributed by atoms with Crippen LogP contribution in [0.2, 0.25) is 0 Å². The molecule has 6 bridgehead atoms. The number of esters is 1. The van der Waals surface area contributed by atoms with Gasteiger partial charge >= 0.3 is 5.97 Å². The molecular formula is C40H50N6O5S.